The van der Waals surface area contributed by atoms with Crippen LogP contribution in [0.25, 0.3) is 0 Å². The van der Waals surface area contributed by atoms with Crippen LogP contribution in [0.15, 0.2) is 54.6 Å². The van der Waals surface area contributed by atoms with E-state index in [0.29, 0.717) is 31.1 Å². The maximum absolute atomic E-state index is 12.7. The van der Waals surface area contributed by atoms with Crippen molar-refractivity contribution in [1.82, 2.24) is 9.80 Å². The molecule has 3 rings (SSSR count). The summed E-state index contributed by atoms with van der Waals surface area (Å²) < 4.78 is 5.92. The van der Waals surface area contributed by atoms with Gasteiger partial charge in [0.05, 0.1) is 24.9 Å². The molecule has 1 fully saturated rings. The lowest BCUT2D eigenvalue weighted by Gasteiger charge is -2.38. The number of aliphatic hydroxyl groups is 1. The molecule has 1 atom stereocenters. The lowest BCUT2D eigenvalue weighted by Crippen LogP contribution is -2.55. The van der Waals surface area contributed by atoms with Crippen LogP contribution in [0.4, 0.5) is 10.5 Å². The molecule has 1 heterocycles. The molecule has 0 saturated carbocycles. The number of ether oxygens (including phenoxy) is 1. The van der Waals surface area contributed by atoms with Crippen LogP contribution in [0, 0.1) is 0 Å². The lowest BCUT2D eigenvalue weighted by atomic mass is 10.1. The van der Waals surface area contributed by atoms with E-state index in [-0.39, 0.29) is 18.7 Å². The number of nitrogens with zero attached hydrogens (tertiary/aromatic N) is 2. The van der Waals surface area contributed by atoms with E-state index >= 15 is 0 Å². The molecular weight excluding hydrogens is 354 g/mol. The number of carbonyl (C=O) groups is 1. The molecule has 28 heavy (non-hydrogen) atoms. The number of nitrogens with one attached hydrogen (secondary N) is 1. The van der Waals surface area contributed by atoms with E-state index in [1.807, 2.05) is 49.5 Å². The van der Waals surface area contributed by atoms with Crippen LogP contribution in [0.3, 0.4) is 0 Å². The summed E-state index contributed by atoms with van der Waals surface area (Å²) in [6.07, 6.45) is 1.86. The summed E-state index contributed by atoms with van der Waals surface area (Å²) in [5, 5.41) is 12.4. The van der Waals surface area contributed by atoms with E-state index in [9.17, 15) is 9.90 Å². The molecular formula is C22H29N3O3. The third-order valence-corrected chi connectivity index (χ3v) is 5.11. The summed E-state index contributed by atoms with van der Waals surface area (Å²) in [6, 6.07) is 17.7. The van der Waals surface area contributed by atoms with Gasteiger partial charge in [-0.15, -0.1) is 0 Å². The molecule has 6 nitrogen and oxygen atoms in total. The van der Waals surface area contributed by atoms with Crippen LogP contribution >= 0.6 is 0 Å². The number of hydrogen-bond donors (Lipinski definition) is 2. The molecule has 0 unspecified atom stereocenters. The number of anilines is 1. The van der Waals surface area contributed by atoms with Crippen molar-refractivity contribution in [3.63, 3.8) is 0 Å². The van der Waals surface area contributed by atoms with Gasteiger partial charge in [-0.3, -0.25) is 4.90 Å². The Bertz CT molecular complexity index is 754. The Morgan fingerprint density at radius 3 is 2.68 bits per heavy atom. The molecule has 2 amide bonds. The number of para-hydroxylation sites is 2. The van der Waals surface area contributed by atoms with E-state index in [1.165, 1.54) is 5.56 Å². The Hall–Kier alpha value is -2.57. The van der Waals surface area contributed by atoms with Crippen molar-refractivity contribution in [2.45, 2.75) is 18.9 Å². The second-order valence-corrected chi connectivity index (χ2v) is 7.13. The molecule has 150 valence electrons. The molecule has 0 spiro atoms. The summed E-state index contributed by atoms with van der Waals surface area (Å²) in [5.41, 5.74) is 1.97. The average molecular weight is 383 g/mol. The second-order valence-electron chi connectivity index (χ2n) is 7.13. The predicted molar refractivity (Wildman–Crippen MR) is 111 cm³/mol. The lowest BCUT2D eigenvalue weighted by molar-refractivity contribution is 0.0754. The third kappa shape index (κ3) is 5.47. The van der Waals surface area contributed by atoms with Crippen LogP contribution in [0.2, 0.25) is 0 Å². The number of aryl methyl sites for hydroxylation is 1. The van der Waals surface area contributed by atoms with Gasteiger partial charge in [-0.25, -0.2) is 4.79 Å². The van der Waals surface area contributed by atoms with Crippen LogP contribution in [0.5, 0.6) is 5.75 Å². The molecule has 0 aromatic heterocycles. The minimum Gasteiger partial charge on any atom is -0.491 e. The van der Waals surface area contributed by atoms with Crippen molar-refractivity contribution in [2.75, 3.05) is 45.2 Å². The third-order valence-electron chi connectivity index (χ3n) is 5.11. The Balaban J connectivity index is 1.52. The fourth-order valence-corrected chi connectivity index (χ4v) is 3.32. The van der Waals surface area contributed by atoms with Crippen LogP contribution in [0.1, 0.15) is 12.0 Å². The first-order valence-corrected chi connectivity index (χ1v) is 9.80. The Morgan fingerprint density at radius 2 is 1.89 bits per heavy atom. The highest BCUT2D eigenvalue weighted by molar-refractivity contribution is 5.91. The van der Waals surface area contributed by atoms with Gasteiger partial charge in [0, 0.05) is 19.6 Å². The highest BCUT2D eigenvalue weighted by atomic mass is 16.5. The van der Waals surface area contributed by atoms with Gasteiger partial charge >= 0.3 is 6.03 Å². The summed E-state index contributed by atoms with van der Waals surface area (Å²) >= 11 is 0. The molecule has 2 N–H and O–H groups in total. The quantitative estimate of drug-likeness (QED) is 0.722. The first-order chi connectivity index (χ1) is 13.7. The highest BCUT2D eigenvalue weighted by Gasteiger charge is 2.27. The monoisotopic (exact) mass is 383 g/mol. The standard InChI is InChI=1S/C22H29N3O3/c1-24-13-14-25(16-19(24)17-26)22(27)23-20-11-5-6-12-21(20)28-15-7-10-18-8-3-2-4-9-18/h2-6,8-9,11-12,19,26H,7,10,13-17H2,1H3,(H,23,27)/t19-/m0/s1. The van der Waals surface area contributed by atoms with E-state index < -0.39 is 0 Å². The number of hydrogen-bond acceptors (Lipinski definition) is 4. The average Bonchev–Trinajstić information content (AvgIpc) is 2.73. The molecule has 1 aliphatic heterocycles. The Morgan fingerprint density at radius 1 is 1.14 bits per heavy atom. The molecule has 0 bridgehead atoms. The Labute approximate surface area is 166 Å². The van der Waals surface area contributed by atoms with Crippen molar-refractivity contribution >= 4 is 11.7 Å². The zero-order valence-corrected chi connectivity index (χ0v) is 16.4. The maximum atomic E-state index is 12.7. The van der Waals surface area contributed by atoms with Crippen molar-refractivity contribution < 1.29 is 14.6 Å². The summed E-state index contributed by atoms with van der Waals surface area (Å²) in [6.45, 7) is 2.53. The van der Waals surface area contributed by atoms with Gasteiger partial charge in [-0.05, 0) is 37.6 Å². The zero-order chi connectivity index (χ0) is 19.8. The van der Waals surface area contributed by atoms with E-state index in [2.05, 4.69) is 22.3 Å². The second kappa shape index (κ2) is 10.1. The number of amides is 2. The van der Waals surface area contributed by atoms with Gasteiger partial charge < -0.3 is 20.1 Å². The first-order valence-electron chi connectivity index (χ1n) is 9.80. The smallest absolute Gasteiger partial charge is 0.322 e. The first kappa shape index (κ1) is 20.2. The molecule has 2 aromatic carbocycles. The maximum Gasteiger partial charge on any atom is 0.322 e. The van der Waals surface area contributed by atoms with Gasteiger partial charge in [-0.1, -0.05) is 42.5 Å². The topological polar surface area (TPSA) is 65.0 Å². The van der Waals surface area contributed by atoms with Crippen LogP contribution in [-0.4, -0.2) is 66.9 Å². The van der Waals surface area contributed by atoms with E-state index in [0.717, 1.165) is 19.4 Å². The van der Waals surface area contributed by atoms with Gasteiger partial charge in [0.15, 0.2) is 0 Å². The number of aliphatic hydroxyl groups excluding tert-OH is 1. The van der Waals surface area contributed by atoms with Crippen LogP contribution in [-0.2, 0) is 6.42 Å². The van der Waals surface area contributed by atoms with Crippen molar-refractivity contribution in [2.24, 2.45) is 0 Å². The van der Waals surface area contributed by atoms with Crippen LogP contribution < -0.4 is 10.1 Å². The summed E-state index contributed by atoms with van der Waals surface area (Å²) in [5.74, 6) is 0.678. The zero-order valence-electron chi connectivity index (χ0n) is 16.4. The molecule has 2 aromatic rings. The summed E-state index contributed by atoms with van der Waals surface area (Å²) in [4.78, 5) is 16.5. The number of urea groups is 1. The van der Waals surface area contributed by atoms with Gasteiger partial charge in [-0.2, -0.15) is 0 Å². The predicted octanol–water partition coefficient (Wildman–Crippen LogP) is 2.84. The van der Waals surface area contributed by atoms with Crippen molar-refractivity contribution in [3.8, 4) is 5.75 Å². The van der Waals surface area contributed by atoms with Gasteiger partial charge in [0.25, 0.3) is 0 Å². The minimum atomic E-state index is -0.160. The number of benzene rings is 2. The van der Waals surface area contributed by atoms with Crippen molar-refractivity contribution in [1.29, 1.82) is 0 Å². The van der Waals surface area contributed by atoms with Gasteiger partial charge in [0.2, 0.25) is 0 Å². The SMILES string of the molecule is CN1CCN(C(=O)Nc2ccccc2OCCCc2ccccc2)C[C@H]1CO. The fraction of sp³-hybridized carbons (Fsp3) is 0.409. The fourth-order valence-electron chi connectivity index (χ4n) is 3.32. The van der Waals surface area contributed by atoms with Gasteiger partial charge in [0.1, 0.15) is 5.75 Å². The largest absolute Gasteiger partial charge is 0.491 e. The molecule has 0 aliphatic carbocycles. The highest BCUT2D eigenvalue weighted by Crippen LogP contribution is 2.24. The van der Waals surface area contributed by atoms with E-state index in [1.54, 1.807) is 4.90 Å². The molecule has 1 saturated heterocycles. The number of likely N-dealkylation sites (N-methyl/N-ethyl adjacent to an activating group) is 1. The summed E-state index contributed by atoms with van der Waals surface area (Å²) in [7, 11) is 1.97. The minimum absolute atomic E-state index is 0.0241. The Kier molecular flexibility index (Phi) is 7.28. The normalized spacial score (nSPS) is 17.4. The molecule has 0 radical (unpaired) electrons. The number of rotatable bonds is 7. The molecule has 1 aliphatic rings. The molecule has 6 heteroatoms. The van der Waals surface area contributed by atoms with Crippen molar-refractivity contribution in [3.05, 3.63) is 60.2 Å². The number of carbonyl (C=O) groups excluding carboxylic acids is 1. The van der Waals surface area contributed by atoms with E-state index in [4.69, 9.17) is 4.74 Å². The number of piperazine rings is 1.